The molecule has 2 aromatic heterocycles. The van der Waals surface area contributed by atoms with Crippen molar-refractivity contribution in [2.24, 2.45) is 0 Å². The Balaban J connectivity index is 1.30. The van der Waals surface area contributed by atoms with Crippen molar-refractivity contribution in [1.29, 1.82) is 5.26 Å². The van der Waals surface area contributed by atoms with E-state index in [1.165, 1.54) is 32.3 Å². The average molecular weight is 559 g/mol. The van der Waals surface area contributed by atoms with Gasteiger partial charge in [0.05, 0.1) is 29.6 Å². The molecule has 8 aromatic rings. The molecular weight excluding hydrogens is 536 g/mol. The Kier molecular flexibility index (Phi) is 5.86. The molecule has 2 heterocycles. The van der Waals surface area contributed by atoms with Gasteiger partial charge in [-0.25, -0.2) is 4.85 Å². The van der Waals surface area contributed by atoms with Crippen LogP contribution in [0.4, 0.5) is 5.69 Å². The fourth-order valence-corrected chi connectivity index (χ4v) is 6.30. The van der Waals surface area contributed by atoms with Crippen LogP contribution in [0.25, 0.3) is 81.9 Å². The summed E-state index contributed by atoms with van der Waals surface area (Å²) in [5, 5.41) is 16.7. The molecule has 0 saturated heterocycles. The summed E-state index contributed by atoms with van der Waals surface area (Å²) in [4.78, 5) is 12.6. The van der Waals surface area contributed by atoms with Crippen LogP contribution >= 0.6 is 0 Å². The normalized spacial score (nSPS) is 11.1. The van der Waals surface area contributed by atoms with Crippen molar-refractivity contribution < 1.29 is 0 Å². The highest BCUT2D eigenvalue weighted by molar-refractivity contribution is 6.27. The minimum atomic E-state index is 0.580. The third-order valence-corrected chi connectivity index (χ3v) is 8.36. The summed E-state index contributed by atoms with van der Waals surface area (Å²) < 4.78 is 0. The molecule has 4 heteroatoms. The predicted molar refractivity (Wildman–Crippen MR) is 178 cm³/mol. The Hall–Kier alpha value is -6.36. The van der Waals surface area contributed by atoms with Gasteiger partial charge in [-0.15, -0.1) is 0 Å². The maximum absolute atomic E-state index is 9.38. The fourth-order valence-electron chi connectivity index (χ4n) is 6.30. The third-order valence-electron chi connectivity index (χ3n) is 8.36. The molecule has 0 saturated carbocycles. The average Bonchev–Trinajstić information content (AvgIpc) is 3.10. The quantitative estimate of drug-likeness (QED) is 0.159. The van der Waals surface area contributed by atoms with Crippen molar-refractivity contribution in [3.8, 4) is 50.8 Å². The van der Waals surface area contributed by atoms with E-state index in [0.717, 1.165) is 44.8 Å². The first-order chi connectivity index (χ1) is 21.7. The number of nitriles is 1. The molecule has 0 fully saturated rings. The molecule has 4 nitrogen and oxygen atoms in total. The second kappa shape index (κ2) is 10.2. The minimum absolute atomic E-state index is 0.580. The van der Waals surface area contributed by atoms with Crippen molar-refractivity contribution in [1.82, 2.24) is 9.97 Å². The zero-order valence-electron chi connectivity index (χ0n) is 23.5. The SMILES string of the molecule is [C-]#[N+]c1ccnc(-c2cccc(-c3ccc4ccc5c(-c6cccc(-c7cc(C#N)ccn7)c6)ccc6ccc3c4c65)c2)c1. The Morgan fingerprint density at radius 1 is 0.545 bits per heavy atom. The van der Waals surface area contributed by atoms with Crippen molar-refractivity contribution >= 4 is 38.0 Å². The van der Waals surface area contributed by atoms with Gasteiger partial charge in [0.25, 0.3) is 0 Å². The van der Waals surface area contributed by atoms with Gasteiger partial charge >= 0.3 is 0 Å². The second-order valence-corrected chi connectivity index (χ2v) is 10.9. The summed E-state index contributed by atoms with van der Waals surface area (Å²) >= 11 is 0. The molecule has 0 bridgehead atoms. The van der Waals surface area contributed by atoms with Gasteiger partial charge in [0.2, 0.25) is 0 Å². The van der Waals surface area contributed by atoms with Gasteiger partial charge in [-0.3, -0.25) is 9.97 Å². The van der Waals surface area contributed by atoms with Crippen LogP contribution in [-0.2, 0) is 0 Å². The zero-order valence-corrected chi connectivity index (χ0v) is 23.5. The van der Waals surface area contributed by atoms with Crippen molar-refractivity contribution in [2.45, 2.75) is 0 Å². The maximum atomic E-state index is 9.38. The van der Waals surface area contributed by atoms with Crippen LogP contribution < -0.4 is 0 Å². The van der Waals surface area contributed by atoms with E-state index in [2.05, 4.69) is 106 Å². The highest BCUT2D eigenvalue weighted by Gasteiger charge is 2.16. The number of aromatic nitrogens is 2. The summed E-state index contributed by atoms with van der Waals surface area (Å²) in [6.07, 6.45) is 3.38. The van der Waals surface area contributed by atoms with Crippen LogP contribution in [0.2, 0.25) is 0 Å². The smallest absolute Gasteiger partial charge is 0.190 e. The van der Waals surface area contributed by atoms with Crippen LogP contribution in [0, 0.1) is 17.9 Å². The maximum Gasteiger partial charge on any atom is 0.190 e. The Morgan fingerprint density at radius 3 is 1.64 bits per heavy atom. The Morgan fingerprint density at radius 2 is 1.07 bits per heavy atom. The third kappa shape index (κ3) is 4.14. The van der Waals surface area contributed by atoms with Crippen molar-refractivity contribution in [2.75, 3.05) is 0 Å². The second-order valence-electron chi connectivity index (χ2n) is 10.9. The lowest BCUT2D eigenvalue weighted by atomic mass is 9.87. The number of hydrogen-bond acceptors (Lipinski definition) is 3. The predicted octanol–water partition coefficient (Wildman–Crippen LogP) is 10.5. The zero-order chi connectivity index (χ0) is 29.6. The van der Waals surface area contributed by atoms with E-state index >= 15 is 0 Å². The van der Waals surface area contributed by atoms with Gasteiger partial charge in [-0.05, 0) is 96.5 Å². The molecule has 0 aliphatic carbocycles. The van der Waals surface area contributed by atoms with Gasteiger partial charge in [0, 0.05) is 18.0 Å². The molecule has 6 aromatic carbocycles. The van der Waals surface area contributed by atoms with Crippen LogP contribution in [0.3, 0.4) is 0 Å². The van der Waals surface area contributed by atoms with Gasteiger partial charge < -0.3 is 0 Å². The van der Waals surface area contributed by atoms with E-state index in [1.54, 1.807) is 24.5 Å². The molecule has 202 valence electrons. The van der Waals surface area contributed by atoms with E-state index in [1.807, 2.05) is 24.3 Å². The monoisotopic (exact) mass is 558 g/mol. The van der Waals surface area contributed by atoms with Gasteiger partial charge in [0.15, 0.2) is 5.69 Å². The first kappa shape index (κ1) is 25.4. The number of benzene rings is 6. The molecule has 0 N–H and O–H groups in total. The first-order valence-corrected chi connectivity index (χ1v) is 14.3. The highest BCUT2D eigenvalue weighted by atomic mass is 14.7. The molecule has 44 heavy (non-hydrogen) atoms. The lowest BCUT2D eigenvalue weighted by Gasteiger charge is -2.17. The first-order valence-electron chi connectivity index (χ1n) is 14.3. The van der Waals surface area contributed by atoms with Gasteiger partial charge in [0.1, 0.15) is 0 Å². The Labute approximate surface area is 254 Å². The van der Waals surface area contributed by atoms with Crippen LogP contribution in [0.1, 0.15) is 5.56 Å². The van der Waals surface area contributed by atoms with Crippen LogP contribution in [0.15, 0.2) is 134 Å². The van der Waals surface area contributed by atoms with E-state index in [4.69, 9.17) is 6.57 Å². The minimum Gasteiger partial charge on any atom is -0.259 e. The molecule has 0 aliphatic rings. The molecular formula is C40H22N4. The molecule has 8 rings (SSSR count). The van der Waals surface area contributed by atoms with Crippen molar-refractivity contribution in [3.63, 3.8) is 0 Å². The highest BCUT2D eigenvalue weighted by Crippen LogP contribution is 2.43. The number of rotatable bonds is 4. The van der Waals surface area contributed by atoms with E-state index in [-0.39, 0.29) is 0 Å². The molecule has 0 atom stereocenters. The van der Waals surface area contributed by atoms with Gasteiger partial charge in [-0.2, -0.15) is 5.26 Å². The summed E-state index contributed by atoms with van der Waals surface area (Å²) in [7, 11) is 0. The van der Waals surface area contributed by atoms with Crippen molar-refractivity contribution in [3.05, 3.63) is 151 Å². The van der Waals surface area contributed by atoms with E-state index in [9.17, 15) is 5.26 Å². The van der Waals surface area contributed by atoms with E-state index in [0.29, 0.717) is 11.3 Å². The fraction of sp³-hybridized carbons (Fsp3) is 0. The van der Waals surface area contributed by atoms with E-state index < -0.39 is 0 Å². The molecule has 0 radical (unpaired) electrons. The number of nitrogens with zero attached hydrogens (tertiary/aromatic N) is 4. The summed E-state index contributed by atoms with van der Waals surface area (Å²) in [6, 6.07) is 43.9. The summed E-state index contributed by atoms with van der Waals surface area (Å²) in [5.74, 6) is 0. The van der Waals surface area contributed by atoms with Crippen LogP contribution in [0.5, 0.6) is 0 Å². The number of pyridine rings is 2. The molecule has 0 unspecified atom stereocenters. The molecule has 0 amide bonds. The molecule has 0 aliphatic heterocycles. The summed E-state index contributed by atoms with van der Waals surface area (Å²) in [6.45, 7) is 7.39. The topological polar surface area (TPSA) is 53.9 Å². The standard InChI is InChI=1S/C40H22N4/c1-42-32-17-19-44-38(23-32)31-7-3-5-29(22-31)34-13-9-27-10-14-35-33(12-8-26-11-15-36(34)40(27)39(26)35)28-4-2-6-30(21-28)37-20-25(24-41)16-18-43-37/h2-23H. The largest absolute Gasteiger partial charge is 0.259 e. The van der Waals surface area contributed by atoms with Crippen LogP contribution in [-0.4, -0.2) is 9.97 Å². The number of hydrogen-bond donors (Lipinski definition) is 0. The lowest BCUT2D eigenvalue weighted by molar-refractivity contribution is 1.31. The van der Waals surface area contributed by atoms with Gasteiger partial charge in [-0.1, -0.05) is 84.9 Å². The summed E-state index contributed by atoms with van der Waals surface area (Å²) in [5.41, 5.74) is 9.23. The lowest BCUT2D eigenvalue weighted by Crippen LogP contribution is -1.90. The molecule has 0 spiro atoms. The Bertz CT molecular complexity index is 2300.